The van der Waals surface area contributed by atoms with Gasteiger partial charge in [-0.15, -0.1) is 23.1 Å². The zero-order valence-corrected chi connectivity index (χ0v) is 10.2. The molecule has 0 aliphatic carbocycles. The topological polar surface area (TPSA) is 40.5 Å². The second-order valence-corrected chi connectivity index (χ2v) is 5.52. The number of thioether (sulfide) groups is 1. The summed E-state index contributed by atoms with van der Waals surface area (Å²) in [5.41, 5.74) is 1.56. The minimum Gasteiger partial charge on any atom is -0.423 e. The summed E-state index contributed by atoms with van der Waals surface area (Å²) < 4.78 is 1.24. The van der Waals surface area contributed by atoms with Gasteiger partial charge >= 0.3 is 7.12 Å². The van der Waals surface area contributed by atoms with Crippen molar-refractivity contribution >= 4 is 35.7 Å². The molecule has 0 fully saturated rings. The highest BCUT2D eigenvalue weighted by atomic mass is 32.2. The molecular weight excluding hydrogens is 239 g/mol. The van der Waals surface area contributed by atoms with E-state index in [4.69, 9.17) is 0 Å². The number of benzene rings is 1. The third-order valence-electron chi connectivity index (χ3n) is 2.20. The Balaban J connectivity index is 2.09. The predicted octanol–water partition coefficient (Wildman–Crippen LogP) is 1.72. The third-order valence-corrected chi connectivity index (χ3v) is 4.38. The Morgan fingerprint density at radius 1 is 1.12 bits per heavy atom. The third kappa shape index (κ3) is 2.89. The van der Waals surface area contributed by atoms with Crippen LogP contribution < -0.4 is 5.46 Å². The number of hydrogen-bond acceptors (Lipinski definition) is 4. The summed E-state index contributed by atoms with van der Waals surface area (Å²) in [6, 6.07) is 11.5. The molecule has 0 spiro atoms. The van der Waals surface area contributed by atoms with Crippen LogP contribution in [0.5, 0.6) is 0 Å². The lowest BCUT2D eigenvalue weighted by atomic mass is 9.77. The highest BCUT2D eigenvalue weighted by molar-refractivity contribution is 8.00. The maximum Gasteiger partial charge on any atom is 0.488 e. The molecule has 1 heterocycles. The summed E-state index contributed by atoms with van der Waals surface area (Å²) >= 11 is 3.40. The Morgan fingerprint density at radius 2 is 1.94 bits per heavy atom. The van der Waals surface area contributed by atoms with Crippen LogP contribution in [0, 0.1) is 0 Å². The first-order valence-electron chi connectivity index (χ1n) is 4.87. The number of hydrogen-bond donors (Lipinski definition) is 2. The van der Waals surface area contributed by atoms with Crippen molar-refractivity contribution in [1.82, 2.24) is 0 Å². The molecule has 2 N–H and O–H groups in total. The second kappa shape index (κ2) is 5.54. The van der Waals surface area contributed by atoms with E-state index in [2.05, 4.69) is 6.07 Å². The van der Waals surface area contributed by atoms with E-state index in [-0.39, 0.29) is 0 Å². The molecule has 0 bridgehead atoms. The summed E-state index contributed by atoms with van der Waals surface area (Å²) in [6.07, 6.45) is 0. The van der Waals surface area contributed by atoms with Crippen LogP contribution in [0.3, 0.4) is 0 Å². The highest BCUT2D eigenvalue weighted by Gasteiger charge is 2.14. The summed E-state index contributed by atoms with van der Waals surface area (Å²) in [5.74, 6) is 0.758. The molecular formula is C11H11BO2S2. The minimum absolute atomic E-state index is 0.589. The van der Waals surface area contributed by atoms with Gasteiger partial charge in [-0.3, -0.25) is 0 Å². The fraction of sp³-hybridized carbons (Fsp3) is 0.0909. The molecule has 0 aliphatic rings. The second-order valence-electron chi connectivity index (χ2n) is 3.29. The van der Waals surface area contributed by atoms with Crippen molar-refractivity contribution in [1.29, 1.82) is 0 Å². The van der Waals surface area contributed by atoms with Gasteiger partial charge in [0.1, 0.15) is 0 Å². The summed E-state index contributed by atoms with van der Waals surface area (Å²) in [6.45, 7) is 0. The van der Waals surface area contributed by atoms with Gasteiger partial charge in [-0.25, -0.2) is 0 Å². The van der Waals surface area contributed by atoms with Crippen LogP contribution >= 0.6 is 23.1 Å². The molecule has 0 aliphatic heterocycles. The average Bonchev–Trinajstić information content (AvgIpc) is 2.79. The molecule has 2 aromatic rings. The SMILES string of the molecule is OB(O)c1ccccc1CSc1cccs1. The van der Waals surface area contributed by atoms with E-state index in [0.717, 1.165) is 11.3 Å². The molecule has 16 heavy (non-hydrogen) atoms. The van der Waals surface area contributed by atoms with E-state index in [1.54, 1.807) is 29.2 Å². The fourth-order valence-corrected chi connectivity index (χ4v) is 3.21. The van der Waals surface area contributed by atoms with Gasteiger partial charge in [0, 0.05) is 5.75 Å². The lowest BCUT2D eigenvalue weighted by Gasteiger charge is -2.07. The zero-order chi connectivity index (χ0) is 11.4. The van der Waals surface area contributed by atoms with Crippen molar-refractivity contribution in [3.8, 4) is 0 Å². The Hall–Kier alpha value is -0.745. The van der Waals surface area contributed by atoms with Crippen molar-refractivity contribution in [2.24, 2.45) is 0 Å². The first kappa shape index (κ1) is 11.7. The van der Waals surface area contributed by atoms with Gasteiger partial charge in [-0.05, 0) is 22.5 Å². The van der Waals surface area contributed by atoms with Crippen LogP contribution in [0.2, 0.25) is 0 Å². The van der Waals surface area contributed by atoms with E-state index in [0.29, 0.717) is 5.46 Å². The minimum atomic E-state index is -1.39. The molecule has 1 aromatic heterocycles. The zero-order valence-electron chi connectivity index (χ0n) is 8.54. The van der Waals surface area contributed by atoms with Crippen molar-refractivity contribution in [3.63, 3.8) is 0 Å². The average molecular weight is 250 g/mol. The Kier molecular flexibility index (Phi) is 4.06. The monoisotopic (exact) mass is 250 g/mol. The lowest BCUT2D eigenvalue weighted by molar-refractivity contribution is 0.425. The van der Waals surface area contributed by atoms with E-state index >= 15 is 0 Å². The van der Waals surface area contributed by atoms with Gasteiger partial charge in [0.25, 0.3) is 0 Å². The van der Waals surface area contributed by atoms with Gasteiger partial charge in [-0.2, -0.15) is 0 Å². The Labute approximate surface area is 103 Å². The molecule has 2 rings (SSSR count). The summed E-state index contributed by atoms with van der Waals surface area (Å²) in [4.78, 5) is 0. The van der Waals surface area contributed by atoms with Crippen LogP contribution in [0.15, 0.2) is 46.0 Å². The highest BCUT2D eigenvalue weighted by Crippen LogP contribution is 2.26. The van der Waals surface area contributed by atoms with Crippen LogP contribution in [0.25, 0.3) is 0 Å². The quantitative estimate of drug-likeness (QED) is 0.641. The molecule has 0 unspecified atom stereocenters. The van der Waals surface area contributed by atoms with Crippen LogP contribution in [-0.4, -0.2) is 17.2 Å². The number of thiophene rings is 1. The predicted molar refractivity (Wildman–Crippen MR) is 70.1 cm³/mol. The Morgan fingerprint density at radius 3 is 2.62 bits per heavy atom. The summed E-state index contributed by atoms with van der Waals surface area (Å²) in [7, 11) is -1.39. The Bertz CT molecular complexity index is 443. The molecule has 0 atom stereocenters. The lowest BCUT2D eigenvalue weighted by Crippen LogP contribution is -2.32. The first-order valence-corrected chi connectivity index (χ1v) is 6.74. The van der Waals surface area contributed by atoms with Crippen molar-refractivity contribution < 1.29 is 10.0 Å². The van der Waals surface area contributed by atoms with E-state index < -0.39 is 7.12 Å². The molecule has 2 nitrogen and oxygen atoms in total. The molecule has 0 radical (unpaired) electrons. The fourth-order valence-electron chi connectivity index (χ4n) is 1.41. The summed E-state index contributed by atoms with van der Waals surface area (Å²) in [5, 5.41) is 20.5. The van der Waals surface area contributed by atoms with Gasteiger partial charge in [0.05, 0.1) is 4.21 Å². The first-order chi connectivity index (χ1) is 7.77. The van der Waals surface area contributed by atoms with Crippen LogP contribution in [0.1, 0.15) is 5.56 Å². The normalized spacial score (nSPS) is 10.4. The molecule has 82 valence electrons. The van der Waals surface area contributed by atoms with Crippen molar-refractivity contribution in [2.45, 2.75) is 9.96 Å². The maximum absolute atomic E-state index is 9.21. The van der Waals surface area contributed by atoms with Gasteiger partial charge in [-0.1, -0.05) is 30.3 Å². The standard InChI is InChI=1S/C11H11BO2S2/c13-12(14)10-5-2-1-4-9(10)8-16-11-6-3-7-15-11/h1-7,13-14H,8H2. The molecule has 0 amide bonds. The smallest absolute Gasteiger partial charge is 0.423 e. The van der Waals surface area contributed by atoms with Crippen LogP contribution in [-0.2, 0) is 5.75 Å². The van der Waals surface area contributed by atoms with Gasteiger partial charge in [0.2, 0.25) is 0 Å². The molecule has 0 saturated carbocycles. The largest absolute Gasteiger partial charge is 0.488 e. The number of rotatable bonds is 4. The van der Waals surface area contributed by atoms with Gasteiger partial charge in [0.15, 0.2) is 0 Å². The molecule has 1 aromatic carbocycles. The van der Waals surface area contributed by atoms with E-state index in [9.17, 15) is 10.0 Å². The van der Waals surface area contributed by atoms with Gasteiger partial charge < -0.3 is 10.0 Å². The van der Waals surface area contributed by atoms with Crippen LogP contribution in [0.4, 0.5) is 0 Å². The maximum atomic E-state index is 9.21. The molecule has 0 saturated heterocycles. The van der Waals surface area contributed by atoms with E-state index in [1.807, 2.05) is 29.6 Å². The van der Waals surface area contributed by atoms with E-state index in [1.165, 1.54) is 4.21 Å². The van der Waals surface area contributed by atoms with Crippen molar-refractivity contribution in [3.05, 3.63) is 47.3 Å². The van der Waals surface area contributed by atoms with Crippen molar-refractivity contribution in [2.75, 3.05) is 0 Å². The molecule has 5 heteroatoms.